The van der Waals surface area contributed by atoms with Crippen molar-refractivity contribution in [1.29, 1.82) is 0 Å². The van der Waals surface area contributed by atoms with Gasteiger partial charge in [0.25, 0.3) is 5.69 Å². The van der Waals surface area contributed by atoms with Crippen molar-refractivity contribution in [2.45, 2.75) is 11.8 Å². The van der Waals surface area contributed by atoms with E-state index in [-0.39, 0.29) is 31.5 Å². The van der Waals surface area contributed by atoms with Crippen molar-refractivity contribution >= 4 is 21.6 Å². The maximum atomic E-state index is 12.0. The molecule has 1 aromatic rings. The third-order valence-corrected chi connectivity index (χ3v) is 4.38. The molecule has 1 rings (SSSR count). The summed E-state index contributed by atoms with van der Waals surface area (Å²) in [5.41, 5.74) is 4.83. The number of hydrogen-bond acceptors (Lipinski definition) is 6. The van der Waals surface area contributed by atoms with Crippen molar-refractivity contribution in [2.75, 3.05) is 19.6 Å². The lowest BCUT2D eigenvalue weighted by atomic mass is 10.2. The van der Waals surface area contributed by atoms with E-state index in [2.05, 4.69) is 10.0 Å². The van der Waals surface area contributed by atoms with Gasteiger partial charge in [-0.15, -0.1) is 0 Å². The highest BCUT2D eigenvalue weighted by Gasteiger charge is 2.24. The Morgan fingerprint density at radius 1 is 1.36 bits per heavy atom. The molecule has 0 radical (unpaired) electrons. The Kier molecular flexibility index (Phi) is 6.40. The number of carbonyl (C=O) groups excluding carboxylic acids is 1. The van der Waals surface area contributed by atoms with Crippen LogP contribution in [0.5, 0.6) is 0 Å². The molecule has 0 heterocycles. The quantitative estimate of drug-likeness (QED) is 0.335. The molecule has 0 spiro atoms. The number of hydrogen-bond donors (Lipinski definition) is 3. The standard InChI is InChI=1S/C12H18N4O5S/c1-9(8-13)12(17)14-6-7-15-22(20,21)11-5-3-2-4-10(11)16(18)19/h2-5,9,15H,6-8,13H2,1H3,(H,14,17). The SMILES string of the molecule is CC(CN)C(=O)NCCNS(=O)(=O)c1ccccc1[N+](=O)[O-]. The van der Waals surface area contributed by atoms with Crippen molar-refractivity contribution in [3.05, 3.63) is 34.4 Å². The van der Waals surface area contributed by atoms with Crippen LogP contribution in [0.1, 0.15) is 6.92 Å². The second-order valence-electron chi connectivity index (χ2n) is 4.55. The van der Waals surface area contributed by atoms with Gasteiger partial charge in [0, 0.05) is 31.6 Å². The fraction of sp³-hybridized carbons (Fsp3) is 0.417. The van der Waals surface area contributed by atoms with Gasteiger partial charge < -0.3 is 11.1 Å². The molecule has 0 aromatic heterocycles. The van der Waals surface area contributed by atoms with E-state index in [1.165, 1.54) is 12.1 Å². The van der Waals surface area contributed by atoms with Crippen LogP contribution >= 0.6 is 0 Å². The van der Waals surface area contributed by atoms with Crippen molar-refractivity contribution in [2.24, 2.45) is 11.7 Å². The summed E-state index contributed by atoms with van der Waals surface area (Å²) in [4.78, 5) is 21.1. The topological polar surface area (TPSA) is 144 Å². The van der Waals surface area contributed by atoms with Crippen LogP contribution in [-0.4, -0.2) is 38.9 Å². The largest absolute Gasteiger partial charge is 0.355 e. The van der Waals surface area contributed by atoms with Crippen LogP contribution in [-0.2, 0) is 14.8 Å². The Balaban J connectivity index is 2.66. The summed E-state index contributed by atoms with van der Waals surface area (Å²) in [6.07, 6.45) is 0. The van der Waals surface area contributed by atoms with Crippen LogP contribution in [0.25, 0.3) is 0 Å². The van der Waals surface area contributed by atoms with Gasteiger partial charge in [0.15, 0.2) is 4.90 Å². The van der Waals surface area contributed by atoms with Crippen LogP contribution in [0.3, 0.4) is 0 Å². The van der Waals surface area contributed by atoms with E-state index in [9.17, 15) is 23.3 Å². The molecule has 0 bridgehead atoms. The zero-order valence-corrected chi connectivity index (χ0v) is 12.8. The minimum atomic E-state index is -4.03. The van der Waals surface area contributed by atoms with Gasteiger partial charge in [0.05, 0.1) is 4.92 Å². The number of benzene rings is 1. The molecule has 10 heteroatoms. The number of nitrogens with one attached hydrogen (secondary N) is 2. The molecular weight excluding hydrogens is 312 g/mol. The lowest BCUT2D eigenvalue weighted by Gasteiger charge is -2.11. The number of nitro groups is 1. The Bertz CT molecular complexity index is 647. The zero-order valence-electron chi connectivity index (χ0n) is 12.0. The third-order valence-electron chi connectivity index (χ3n) is 2.87. The maximum absolute atomic E-state index is 12.0. The summed E-state index contributed by atoms with van der Waals surface area (Å²) < 4.78 is 26.3. The van der Waals surface area contributed by atoms with Crippen LogP contribution in [0.4, 0.5) is 5.69 Å². The van der Waals surface area contributed by atoms with E-state index < -0.39 is 25.5 Å². The Morgan fingerprint density at radius 2 is 2.00 bits per heavy atom. The first kappa shape index (κ1) is 18.0. The highest BCUT2D eigenvalue weighted by molar-refractivity contribution is 7.89. The molecule has 1 amide bonds. The van der Waals surface area contributed by atoms with E-state index in [4.69, 9.17) is 5.73 Å². The van der Waals surface area contributed by atoms with Gasteiger partial charge in [-0.05, 0) is 6.07 Å². The molecule has 0 aliphatic heterocycles. The second kappa shape index (κ2) is 7.82. The van der Waals surface area contributed by atoms with E-state index >= 15 is 0 Å². The lowest BCUT2D eigenvalue weighted by molar-refractivity contribution is -0.387. The van der Waals surface area contributed by atoms with Gasteiger partial charge in [-0.3, -0.25) is 14.9 Å². The monoisotopic (exact) mass is 330 g/mol. The highest BCUT2D eigenvalue weighted by Crippen LogP contribution is 2.22. The van der Waals surface area contributed by atoms with Gasteiger partial charge in [-0.25, -0.2) is 13.1 Å². The highest BCUT2D eigenvalue weighted by atomic mass is 32.2. The molecule has 0 saturated heterocycles. The summed E-state index contributed by atoms with van der Waals surface area (Å²) >= 11 is 0. The number of nitrogens with two attached hydrogens (primary N) is 1. The van der Waals surface area contributed by atoms with Gasteiger partial charge in [0.2, 0.25) is 15.9 Å². The van der Waals surface area contributed by atoms with Crippen LogP contribution in [0.15, 0.2) is 29.2 Å². The molecule has 1 unspecified atom stereocenters. The molecular formula is C12H18N4O5S. The normalized spacial score (nSPS) is 12.6. The number of nitro benzene ring substituents is 1. The molecule has 0 aliphatic carbocycles. The molecule has 122 valence electrons. The van der Waals surface area contributed by atoms with Crippen molar-refractivity contribution in [3.8, 4) is 0 Å². The minimum absolute atomic E-state index is 0.0586. The molecule has 0 aliphatic rings. The molecule has 1 aromatic carbocycles. The number of para-hydroxylation sites is 1. The first-order valence-corrected chi connectivity index (χ1v) is 7.98. The maximum Gasteiger partial charge on any atom is 0.289 e. The summed E-state index contributed by atoms with van der Waals surface area (Å²) in [7, 11) is -4.03. The van der Waals surface area contributed by atoms with E-state index in [0.717, 1.165) is 12.1 Å². The van der Waals surface area contributed by atoms with Gasteiger partial charge in [-0.2, -0.15) is 0 Å². The molecule has 9 nitrogen and oxygen atoms in total. The smallest absolute Gasteiger partial charge is 0.289 e. The second-order valence-corrected chi connectivity index (χ2v) is 6.29. The summed E-state index contributed by atoms with van der Waals surface area (Å²) in [6, 6.07) is 5.03. The van der Waals surface area contributed by atoms with Crippen LogP contribution in [0, 0.1) is 16.0 Å². The van der Waals surface area contributed by atoms with Gasteiger partial charge in [0.1, 0.15) is 0 Å². The molecule has 0 saturated carbocycles. The number of amides is 1. The lowest BCUT2D eigenvalue weighted by Crippen LogP contribution is -2.38. The van der Waals surface area contributed by atoms with E-state index in [1.54, 1.807) is 6.92 Å². The Labute approximate surface area is 128 Å². The first-order chi connectivity index (χ1) is 10.3. The number of rotatable bonds is 8. The van der Waals surface area contributed by atoms with Crippen LogP contribution in [0.2, 0.25) is 0 Å². The summed E-state index contributed by atoms with van der Waals surface area (Å²) in [6.45, 7) is 1.81. The van der Waals surface area contributed by atoms with Gasteiger partial charge >= 0.3 is 0 Å². The number of nitrogens with zero attached hydrogens (tertiary/aromatic N) is 1. The predicted molar refractivity (Wildman–Crippen MR) is 79.5 cm³/mol. The average molecular weight is 330 g/mol. The van der Waals surface area contributed by atoms with Gasteiger partial charge in [-0.1, -0.05) is 19.1 Å². The average Bonchev–Trinajstić information content (AvgIpc) is 2.50. The van der Waals surface area contributed by atoms with E-state index in [1.807, 2.05) is 0 Å². The summed E-state index contributed by atoms with van der Waals surface area (Å²) in [5.74, 6) is -0.654. The molecule has 1 atom stereocenters. The van der Waals surface area contributed by atoms with Crippen molar-refractivity contribution in [3.63, 3.8) is 0 Å². The molecule has 0 fully saturated rings. The molecule has 22 heavy (non-hydrogen) atoms. The fourth-order valence-electron chi connectivity index (χ4n) is 1.57. The fourth-order valence-corrected chi connectivity index (χ4v) is 2.77. The number of sulfonamides is 1. The van der Waals surface area contributed by atoms with Crippen molar-refractivity contribution in [1.82, 2.24) is 10.0 Å². The number of carbonyl (C=O) groups is 1. The zero-order chi connectivity index (χ0) is 16.8. The minimum Gasteiger partial charge on any atom is -0.355 e. The Morgan fingerprint density at radius 3 is 2.59 bits per heavy atom. The Hall–Kier alpha value is -2.04. The van der Waals surface area contributed by atoms with E-state index in [0.29, 0.717) is 0 Å². The van der Waals surface area contributed by atoms with Crippen molar-refractivity contribution < 1.29 is 18.1 Å². The molecule has 4 N–H and O–H groups in total. The predicted octanol–water partition coefficient (Wildman–Crippen LogP) is -0.416. The van der Waals surface area contributed by atoms with Crippen LogP contribution < -0.4 is 15.8 Å². The third kappa shape index (κ3) is 4.76. The summed E-state index contributed by atoms with van der Waals surface area (Å²) in [5, 5.41) is 13.4. The first-order valence-electron chi connectivity index (χ1n) is 6.50.